The number of hydrogen-bond acceptors (Lipinski definition) is 5. The standard InChI is InChI=1S/C11H16N2O2S/c1-3-15-11(14)9-7(2)16-10(13-9)8-5-4-6-12-8/h8,12H,3-6H2,1-2H3. The number of nitrogens with zero attached hydrogens (tertiary/aromatic N) is 1. The zero-order valence-corrected chi connectivity index (χ0v) is 10.4. The molecule has 1 saturated heterocycles. The highest BCUT2D eigenvalue weighted by Gasteiger charge is 2.23. The van der Waals surface area contributed by atoms with Gasteiger partial charge in [0.1, 0.15) is 5.01 Å². The smallest absolute Gasteiger partial charge is 0.358 e. The van der Waals surface area contributed by atoms with Crippen LogP contribution in [0.5, 0.6) is 0 Å². The Morgan fingerprint density at radius 3 is 3.12 bits per heavy atom. The molecule has 1 unspecified atom stereocenters. The predicted molar refractivity (Wildman–Crippen MR) is 62.8 cm³/mol. The van der Waals surface area contributed by atoms with Crippen LogP contribution in [0.2, 0.25) is 0 Å². The van der Waals surface area contributed by atoms with E-state index < -0.39 is 0 Å². The van der Waals surface area contributed by atoms with Crippen molar-refractivity contribution in [3.63, 3.8) is 0 Å². The molecule has 16 heavy (non-hydrogen) atoms. The van der Waals surface area contributed by atoms with Gasteiger partial charge in [0.05, 0.1) is 12.6 Å². The number of aromatic nitrogens is 1. The number of carbonyl (C=O) groups excluding carboxylic acids is 1. The highest BCUT2D eigenvalue weighted by Crippen LogP contribution is 2.29. The van der Waals surface area contributed by atoms with E-state index in [4.69, 9.17) is 4.74 Å². The lowest BCUT2D eigenvalue weighted by atomic mass is 10.2. The summed E-state index contributed by atoms with van der Waals surface area (Å²) in [5.74, 6) is -0.305. The van der Waals surface area contributed by atoms with E-state index in [2.05, 4.69) is 10.3 Å². The second-order valence-electron chi connectivity index (χ2n) is 3.83. The molecule has 1 aromatic rings. The lowest BCUT2D eigenvalue weighted by Gasteiger charge is -2.04. The largest absolute Gasteiger partial charge is 0.461 e. The molecule has 5 heteroatoms. The summed E-state index contributed by atoms with van der Waals surface area (Å²) >= 11 is 1.59. The molecule has 0 saturated carbocycles. The first-order valence-electron chi connectivity index (χ1n) is 5.60. The van der Waals surface area contributed by atoms with Crippen LogP contribution in [0.4, 0.5) is 0 Å². The zero-order chi connectivity index (χ0) is 11.5. The van der Waals surface area contributed by atoms with Gasteiger partial charge in [0.15, 0.2) is 5.69 Å². The van der Waals surface area contributed by atoms with Crippen LogP contribution >= 0.6 is 11.3 Å². The Morgan fingerprint density at radius 2 is 2.50 bits per heavy atom. The fraction of sp³-hybridized carbons (Fsp3) is 0.636. The van der Waals surface area contributed by atoms with Gasteiger partial charge < -0.3 is 10.1 Å². The first-order valence-corrected chi connectivity index (χ1v) is 6.42. The van der Waals surface area contributed by atoms with E-state index in [0.29, 0.717) is 18.3 Å². The molecule has 0 spiro atoms. The summed E-state index contributed by atoms with van der Waals surface area (Å²) in [5.41, 5.74) is 0.482. The van der Waals surface area contributed by atoms with Crippen LogP contribution < -0.4 is 5.32 Å². The van der Waals surface area contributed by atoms with Gasteiger partial charge in [-0.1, -0.05) is 0 Å². The number of thiazole rings is 1. The number of aryl methyl sites for hydroxylation is 1. The van der Waals surface area contributed by atoms with Gasteiger partial charge in [0.2, 0.25) is 0 Å². The van der Waals surface area contributed by atoms with E-state index in [1.807, 2.05) is 6.92 Å². The minimum absolute atomic E-state index is 0.305. The zero-order valence-electron chi connectivity index (χ0n) is 9.58. The van der Waals surface area contributed by atoms with Gasteiger partial charge in [0, 0.05) is 4.88 Å². The van der Waals surface area contributed by atoms with E-state index in [-0.39, 0.29) is 5.97 Å². The van der Waals surface area contributed by atoms with Gasteiger partial charge in [-0.2, -0.15) is 0 Å². The molecule has 0 amide bonds. The van der Waals surface area contributed by atoms with Gasteiger partial charge in [0.25, 0.3) is 0 Å². The SMILES string of the molecule is CCOC(=O)c1nc(C2CCCN2)sc1C. The van der Waals surface area contributed by atoms with Gasteiger partial charge in [-0.15, -0.1) is 11.3 Å². The highest BCUT2D eigenvalue weighted by molar-refractivity contribution is 7.11. The summed E-state index contributed by atoms with van der Waals surface area (Å²) in [6.07, 6.45) is 2.28. The highest BCUT2D eigenvalue weighted by atomic mass is 32.1. The molecule has 1 atom stereocenters. The summed E-state index contributed by atoms with van der Waals surface area (Å²) in [4.78, 5) is 16.9. The summed E-state index contributed by atoms with van der Waals surface area (Å²) in [6, 6.07) is 0.326. The van der Waals surface area contributed by atoms with Crippen LogP contribution in [0, 0.1) is 6.92 Å². The first-order chi connectivity index (χ1) is 7.72. The number of rotatable bonds is 3. The quantitative estimate of drug-likeness (QED) is 0.822. The fourth-order valence-corrected chi connectivity index (χ4v) is 2.87. The van der Waals surface area contributed by atoms with E-state index in [0.717, 1.165) is 22.9 Å². The average Bonchev–Trinajstić information content (AvgIpc) is 2.86. The first kappa shape index (κ1) is 11.5. The average molecular weight is 240 g/mol. The molecule has 0 radical (unpaired) electrons. The van der Waals surface area contributed by atoms with Crippen LogP contribution in [-0.2, 0) is 4.74 Å². The predicted octanol–water partition coefficient (Wildman–Crippen LogP) is 2.05. The van der Waals surface area contributed by atoms with Crippen molar-refractivity contribution >= 4 is 17.3 Å². The minimum Gasteiger partial charge on any atom is -0.461 e. The van der Waals surface area contributed by atoms with Crippen LogP contribution in [0.25, 0.3) is 0 Å². The molecule has 2 heterocycles. The summed E-state index contributed by atoms with van der Waals surface area (Å²) in [7, 11) is 0. The lowest BCUT2D eigenvalue weighted by molar-refractivity contribution is 0.0519. The Bertz CT molecular complexity index is 383. The molecule has 4 nitrogen and oxygen atoms in total. The third-order valence-electron chi connectivity index (χ3n) is 2.64. The molecule has 0 bridgehead atoms. The van der Waals surface area contributed by atoms with Gasteiger partial charge >= 0.3 is 5.97 Å². The fourth-order valence-electron chi connectivity index (χ4n) is 1.85. The maximum atomic E-state index is 11.6. The van der Waals surface area contributed by atoms with Crippen molar-refractivity contribution in [2.24, 2.45) is 0 Å². The van der Waals surface area contributed by atoms with Crippen LogP contribution in [0.1, 0.15) is 46.2 Å². The number of nitrogens with one attached hydrogen (secondary N) is 1. The second-order valence-corrected chi connectivity index (χ2v) is 5.06. The number of hydrogen-bond donors (Lipinski definition) is 1. The normalized spacial score (nSPS) is 20.0. The molecular weight excluding hydrogens is 224 g/mol. The Kier molecular flexibility index (Phi) is 3.56. The molecule has 0 aromatic carbocycles. The number of carbonyl (C=O) groups is 1. The summed E-state index contributed by atoms with van der Waals surface area (Å²) in [5, 5.41) is 4.39. The maximum absolute atomic E-state index is 11.6. The van der Waals surface area contributed by atoms with Crippen LogP contribution in [-0.4, -0.2) is 24.1 Å². The number of esters is 1. The Labute approximate surface area is 99.0 Å². The molecule has 1 fully saturated rings. The van der Waals surface area contributed by atoms with Crippen LogP contribution in [0.3, 0.4) is 0 Å². The minimum atomic E-state index is -0.305. The van der Waals surface area contributed by atoms with E-state index in [1.165, 1.54) is 6.42 Å². The van der Waals surface area contributed by atoms with E-state index in [9.17, 15) is 4.79 Å². The Morgan fingerprint density at radius 1 is 1.69 bits per heavy atom. The summed E-state index contributed by atoms with van der Waals surface area (Å²) in [6.45, 7) is 5.16. The van der Waals surface area contributed by atoms with Gasteiger partial charge in [-0.05, 0) is 33.2 Å². The molecule has 1 aliphatic rings. The number of ether oxygens (including phenoxy) is 1. The van der Waals surface area contributed by atoms with Crippen molar-refractivity contribution in [3.8, 4) is 0 Å². The third kappa shape index (κ3) is 2.25. The van der Waals surface area contributed by atoms with Crippen molar-refractivity contribution in [3.05, 3.63) is 15.6 Å². The molecule has 88 valence electrons. The van der Waals surface area contributed by atoms with Crippen molar-refractivity contribution in [1.29, 1.82) is 0 Å². The van der Waals surface area contributed by atoms with E-state index in [1.54, 1.807) is 18.3 Å². The Hall–Kier alpha value is -0.940. The van der Waals surface area contributed by atoms with Crippen molar-refractivity contribution in [1.82, 2.24) is 10.3 Å². The molecule has 1 aliphatic heterocycles. The molecular formula is C11H16N2O2S. The topological polar surface area (TPSA) is 51.2 Å². The third-order valence-corrected chi connectivity index (χ3v) is 3.72. The van der Waals surface area contributed by atoms with Crippen molar-refractivity contribution in [2.45, 2.75) is 32.7 Å². The van der Waals surface area contributed by atoms with Gasteiger partial charge in [-0.25, -0.2) is 9.78 Å². The molecule has 0 aliphatic carbocycles. The van der Waals surface area contributed by atoms with Gasteiger partial charge in [-0.3, -0.25) is 0 Å². The molecule has 2 rings (SSSR count). The monoisotopic (exact) mass is 240 g/mol. The van der Waals surface area contributed by atoms with Crippen molar-refractivity contribution < 1.29 is 9.53 Å². The maximum Gasteiger partial charge on any atom is 0.358 e. The van der Waals surface area contributed by atoms with Crippen molar-refractivity contribution in [2.75, 3.05) is 13.2 Å². The molecule has 1 N–H and O–H groups in total. The Balaban J connectivity index is 2.17. The second kappa shape index (κ2) is 4.93. The summed E-state index contributed by atoms with van der Waals surface area (Å²) < 4.78 is 4.97. The lowest BCUT2D eigenvalue weighted by Crippen LogP contribution is -2.13. The van der Waals surface area contributed by atoms with E-state index >= 15 is 0 Å². The van der Waals surface area contributed by atoms with Crippen LogP contribution in [0.15, 0.2) is 0 Å². The molecule has 1 aromatic heterocycles.